The van der Waals surface area contributed by atoms with Crippen molar-refractivity contribution in [2.75, 3.05) is 30.3 Å². The fourth-order valence-electron chi connectivity index (χ4n) is 4.73. The van der Waals surface area contributed by atoms with Gasteiger partial charge in [0, 0.05) is 29.9 Å². The van der Waals surface area contributed by atoms with E-state index in [2.05, 4.69) is 64.4 Å². The Kier molecular flexibility index (Phi) is 3.79. The number of hydrogen-bond acceptors (Lipinski definition) is 3. The molecule has 2 nitrogen and oxygen atoms in total. The van der Waals surface area contributed by atoms with Crippen LogP contribution in [0, 0.1) is 0 Å². The minimum absolute atomic E-state index is 0.692. The van der Waals surface area contributed by atoms with Crippen LogP contribution in [0.3, 0.4) is 0 Å². The van der Waals surface area contributed by atoms with Crippen molar-refractivity contribution in [3.8, 4) is 0 Å². The van der Waals surface area contributed by atoms with E-state index in [4.69, 9.17) is 0 Å². The molecule has 3 aliphatic heterocycles. The molecular weight excluding hydrogens is 312 g/mol. The lowest BCUT2D eigenvalue weighted by Crippen LogP contribution is -2.44. The number of piperidine rings is 1. The predicted octanol–water partition coefficient (Wildman–Crippen LogP) is 4.04. The zero-order valence-electron chi connectivity index (χ0n) is 14.0. The third kappa shape index (κ3) is 2.37. The summed E-state index contributed by atoms with van der Waals surface area (Å²) in [6.07, 6.45) is 3.65. The molecule has 3 heteroatoms. The smallest absolute Gasteiger partial charge is 0.0546 e. The van der Waals surface area contributed by atoms with E-state index in [0.717, 1.165) is 19.0 Å². The Labute approximate surface area is 148 Å². The molecule has 0 unspecified atom stereocenters. The van der Waals surface area contributed by atoms with Gasteiger partial charge in [0.25, 0.3) is 0 Å². The molecule has 0 aromatic heterocycles. The maximum atomic E-state index is 3.62. The zero-order valence-corrected chi connectivity index (χ0v) is 14.8. The summed E-state index contributed by atoms with van der Waals surface area (Å²) in [4.78, 5) is 4.34. The molecule has 0 spiro atoms. The first kappa shape index (κ1) is 14.9. The third-order valence-corrected chi connectivity index (χ3v) is 7.04. The van der Waals surface area contributed by atoms with Crippen LogP contribution in [0.2, 0.25) is 0 Å². The van der Waals surface area contributed by atoms with Crippen LogP contribution in [0.5, 0.6) is 0 Å². The van der Waals surface area contributed by atoms with Crippen LogP contribution in [-0.2, 0) is 6.42 Å². The molecule has 124 valence electrons. The van der Waals surface area contributed by atoms with Gasteiger partial charge in [-0.25, -0.2) is 0 Å². The second-order valence-corrected chi connectivity index (χ2v) is 8.32. The van der Waals surface area contributed by atoms with Crippen molar-refractivity contribution in [2.45, 2.75) is 36.1 Å². The number of thioether (sulfide) groups is 1. The first-order chi connectivity index (χ1) is 11.9. The Balaban J connectivity index is 1.60. The molecule has 1 fully saturated rings. The number of anilines is 1. The summed E-state index contributed by atoms with van der Waals surface area (Å²) < 4.78 is 0. The molecule has 0 amide bonds. The van der Waals surface area contributed by atoms with E-state index >= 15 is 0 Å². The molecule has 3 aliphatic rings. The Hall–Kier alpha value is -1.45. The first-order valence-corrected chi connectivity index (χ1v) is 10.2. The number of nitrogens with one attached hydrogen (secondary N) is 1. The minimum atomic E-state index is 0.692. The maximum absolute atomic E-state index is 3.62. The van der Waals surface area contributed by atoms with Crippen molar-refractivity contribution in [3.63, 3.8) is 0 Å². The SMILES string of the molecule is c1ccc(Cc2ccc3c4c2SCCCN4[C@H]2CCNC[C@@H]32)cc1. The highest BCUT2D eigenvalue weighted by molar-refractivity contribution is 7.99. The summed E-state index contributed by atoms with van der Waals surface area (Å²) in [6, 6.07) is 16.5. The molecule has 5 rings (SSSR count). The monoisotopic (exact) mass is 336 g/mol. The van der Waals surface area contributed by atoms with Gasteiger partial charge in [-0.15, -0.1) is 11.8 Å². The standard InChI is InChI=1S/C21H24N2S/c1-2-5-15(6-3-1)13-16-7-8-17-18-14-22-10-9-19(18)23-11-4-12-24-21(16)20(17)23/h1-3,5-8,18-19,22H,4,9-14H2/t18-,19-/m0/s1. The second-order valence-electron chi connectivity index (χ2n) is 7.22. The number of nitrogens with zero attached hydrogens (tertiary/aromatic N) is 1. The Morgan fingerprint density at radius 2 is 2.04 bits per heavy atom. The van der Waals surface area contributed by atoms with Gasteiger partial charge < -0.3 is 10.2 Å². The van der Waals surface area contributed by atoms with E-state index in [1.165, 1.54) is 42.8 Å². The summed E-state index contributed by atoms with van der Waals surface area (Å²) in [5, 5.41) is 3.62. The Bertz CT molecular complexity index is 743. The van der Waals surface area contributed by atoms with E-state index in [1.807, 2.05) is 0 Å². The molecule has 0 radical (unpaired) electrons. The van der Waals surface area contributed by atoms with Crippen molar-refractivity contribution in [3.05, 3.63) is 59.2 Å². The Morgan fingerprint density at radius 3 is 2.96 bits per heavy atom. The molecule has 3 heterocycles. The van der Waals surface area contributed by atoms with E-state index < -0.39 is 0 Å². The Morgan fingerprint density at radius 1 is 1.12 bits per heavy atom. The average molecular weight is 337 g/mol. The summed E-state index contributed by atoms with van der Waals surface area (Å²) in [6.45, 7) is 3.56. The topological polar surface area (TPSA) is 15.3 Å². The first-order valence-electron chi connectivity index (χ1n) is 9.21. The largest absolute Gasteiger partial charge is 0.367 e. The van der Waals surface area contributed by atoms with Crippen LogP contribution < -0.4 is 10.2 Å². The van der Waals surface area contributed by atoms with E-state index in [9.17, 15) is 0 Å². The molecule has 0 bridgehead atoms. The van der Waals surface area contributed by atoms with Gasteiger partial charge >= 0.3 is 0 Å². The van der Waals surface area contributed by atoms with Gasteiger partial charge in [-0.1, -0.05) is 42.5 Å². The van der Waals surface area contributed by atoms with E-state index in [1.54, 1.807) is 16.1 Å². The molecule has 2 atom stereocenters. The van der Waals surface area contributed by atoms with Gasteiger partial charge in [0.05, 0.1) is 5.69 Å². The van der Waals surface area contributed by atoms with Gasteiger partial charge in [0.15, 0.2) is 0 Å². The van der Waals surface area contributed by atoms with Crippen LogP contribution in [0.4, 0.5) is 5.69 Å². The molecular formula is C21H24N2S. The van der Waals surface area contributed by atoms with E-state index in [-0.39, 0.29) is 0 Å². The van der Waals surface area contributed by atoms with Gasteiger partial charge in [0.1, 0.15) is 0 Å². The van der Waals surface area contributed by atoms with Crippen LogP contribution in [0.1, 0.15) is 35.4 Å². The van der Waals surface area contributed by atoms with E-state index in [0.29, 0.717) is 5.92 Å². The normalized spacial score (nSPS) is 25.1. The second kappa shape index (κ2) is 6.12. The lowest BCUT2D eigenvalue weighted by atomic mass is 9.89. The predicted molar refractivity (Wildman–Crippen MR) is 102 cm³/mol. The van der Waals surface area contributed by atoms with Gasteiger partial charge in [-0.2, -0.15) is 0 Å². The highest BCUT2D eigenvalue weighted by atomic mass is 32.2. The third-order valence-electron chi connectivity index (χ3n) is 5.80. The molecule has 1 saturated heterocycles. The van der Waals surface area contributed by atoms with Crippen molar-refractivity contribution in [1.82, 2.24) is 5.32 Å². The number of benzene rings is 2. The lowest BCUT2D eigenvalue weighted by Gasteiger charge is -2.33. The summed E-state index contributed by atoms with van der Waals surface area (Å²) >= 11 is 2.10. The highest BCUT2D eigenvalue weighted by Gasteiger charge is 2.42. The molecule has 2 aromatic carbocycles. The number of fused-ring (bicyclic) bond motifs is 3. The molecule has 0 aliphatic carbocycles. The summed E-state index contributed by atoms with van der Waals surface area (Å²) in [5.74, 6) is 1.95. The highest BCUT2D eigenvalue weighted by Crippen LogP contribution is 2.50. The quantitative estimate of drug-likeness (QED) is 0.891. The average Bonchev–Trinajstić information content (AvgIpc) is 2.78. The van der Waals surface area contributed by atoms with Crippen LogP contribution >= 0.6 is 11.8 Å². The van der Waals surface area contributed by atoms with Crippen molar-refractivity contribution >= 4 is 17.4 Å². The van der Waals surface area contributed by atoms with Gasteiger partial charge in [-0.05, 0) is 48.3 Å². The molecule has 24 heavy (non-hydrogen) atoms. The number of rotatable bonds is 2. The zero-order chi connectivity index (χ0) is 15.9. The van der Waals surface area contributed by atoms with Crippen LogP contribution in [-0.4, -0.2) is 31.4 Å². The maximum Gasteiger partial charge on any atom is 0.0546 e. The fourth-order valence-corrected chi connectivity index (χ4v) is 5.90. The number of hydrogen-bond donors (Lipinski definition) is 1. The molecule has 0 saturated carbocycles. The van der Waals surface area contributed by atoms with Gasteiger partial charge in [0.2, 0.25) is 0 Å². The fraction of sp³-hybridized carbons (Fsp3) is 0.429. The van der Waals surface area contributed by atoms with Crippen molar-refractivity contribution in [1.29, 1.82) is 0 Å². The van der Waals surface area contributed by atoms with Crippen molar-refractivity contribution < 1.29 is 0 Å². The minimum Gasteiger partial charge on any atom is -0.367 e. The summed E-state index contributed by atoms with van der Waals surface area (Å²) in [5.41, 5.74) is 6.13. The summed E-state index contributed by atoms with van der Waals surface area (Å²) in [7, 11) is 0. The lowest BCUT2D eigenvalue weighted by molar-refractivity contribution is 0.403. The molecule has 2 aromatic rings. The van der Waals surface area contributed by atoms with Crippen LogP contribution in [0.25, 0.3) is 0 Å². The van der Waals surface area contributed by atoms with Gasteiger partial charge in [-0.3, -0.25) is 0 Å². The molecule has 1 N–H and O–H groups in total. The van der Waals surface area contributed by atoms with Crippen molar-refractivity contribution in [2.24, 2.45) is 0 Å². The van der Waals surface area contributed by atoms with Crippen LogP contribution in [0.15, 0.2) is 47.4 Å².